The van der Waals surface area contributed by atoms with Crippen molar-refractivity contribution in [1.82, 2.24) is 9.55 Å². The number of carbonyl (C=O) groups is 1. The molecule has 0 spiro atoms. The summed E-state index contributed by atoms with van der Waals surface area (Å²) in [5.41, 5.74) is -1.14. The topological polar surface area (TPSA) is 213 Å². The average molecular weight is 514 g/mol. The molecule has 1 aromatic rings. The summed E-state index contributed by atoms with van der Waals surface area (Å²) >= 11 is 0. The van der Waals surface area contributed by atoms with E-state index in [0.717, 1.165) is 4.57 Å². The van der Waals surface area contributed by atoms with Gasteiger partial charge < -0.3 is 24.4 Å². The van der Waals surface area contributed by atoms with Gasteiger partial charge in [-0.2, -0.15) is 4.31 Å². The summed E-state index contributed by atoms with van der Waals surface area (Å²) in [6, 6.07) is 0. The van der Waals surface area contributed by atoms with Crippen molar-refractivity contribution < 1.29 is 51.6 Å². The summed E-state index contributed by atoms with van der Waals surface area (Å²) in [7, 11) is -10.3. The number of H-pyrrole nitrogens is 1. The molecule has 3 rings (SSSR count). The fraction of sp³-hybridized carbons (Fsp3) is 0.688. The summed E-state index contributed by atoms with van der Waals surface area (Å²) in [6.45, 7) is 2.14. The molecule has 7 unspecified atom stereocenters. The highest BCUT2D eigenvalue weighted by Gasteiger charge is 2.42. The number of aryl methyl sites for hydroxylation is 1. The van der Waals surface area contributed by atoms with Crippen LogP contribution in [0.4, 0.5) is 0 Å². The first kappa shape index (κ1) is 26.1. The van der Waals surface area contributed by atoms with E-state index in [-0.39, 0.29) is 30.6 Å². The van der Waals surface area contributed by atoms with Crippen LogP contribution in [0.15, 0.2) is 15.8 Å². The molecule has 7 atom stereocenters. The standard InChI is InChI=1S/C16H24N2O13P2/c1-8-6-18(16(22)17-15(8)21)13-5-11(20)12(29-13)7-27-32(23,24)31-33(25,26)30-14-4-3-10(19)9(2)28-14/h6,9,11-14,20H,3-5,7H2,1-2H3,(H,23,24)(H,25,26)(H,17,21,22). The van der Waals surface area contributed by atoms with Gasteiger partial charge >= 0.3 is 21.3 Å². The van der Waals surface area contributed by atoms with E-state index in [9.17, 15) is 38.4 Å². The Hall–Kier alpha value is -1.51. The number of rotatable bonds is 8. The van der Waals surface area contributed by atoms with Crippen LogP contribution < -0.4 is 11.2 Å². The predicted molar refractivity (Wildman–Crippen MR) is 107 cm³/mol. The van der Waals surface area contributed by atoms with Gasteiger partial charge in [-0.25, -0.2) is 13.9 Å². The Morgan fingerprint density at radius 2 is 1.91 bits per heavy atom. The fourth-order valence-electron chi connectivity index (χ4n) is 3.24. The number of phosphoric acid groups is 2. The molecule has 0 radical (unpaired) electrons. The van der Waals surface area contributed by atoms with Crippen LogP contribution in [0, 0.1) is 6.92 Å². The monoisotopic (exact) mass is 514 g/mol. The Morgan fingerprint density at radius 3 is 2.58 bits per heavy atom. The number of aliphatic hydroxyl groups is 1. The number of ketones is 1. The average Bonchev–Trinajstić information content (AvgIpc) is 3.05. The van der Waals surface area contributed by atoms with E-state index >= 15 is 0 Å². The molecule has 33 heavy (non-hydrogen) atoms. The number of phosphoric ester groups is 2. The smallest absolute Gasteiger partial charge is 0.390 e. The number of hydrogen-bond donors (Lipinski definition) is 4. The minimum Gasteiger partial charge on any atom is -0.390 e. The maximum absolute atomic E-state index is 12.1. The molecule has 15 nitrogen and oxygen atoms in total. The molecule has 2 aliphatic rings. The number of nitrogens with one attached hydrogen (secondary N) is 1. The molecule has 17 heteroatoms. The molecule has 0 amide bonds. The number of Topliss-reactive ketones (excluding diaryl/α,β-unsaturated/α-hetero) is 1. The normalized spacial score (nSPS) is 31.8. The number of aliphatic hydroxyl groups excluding tert-OH is 1. The van der Waals surface area contributed by atoms with Crippen LogP contribution in [-0.4, -0.2) is 61.4 Å². The minimum atomic E-state index is -5.17. The fourth-order valence-corrected chi connectivity index (χ4v) is 5.41. The van der Waals surface area contributed by atoms with Gasteiger partial charge in [0.1, 0.15) is 18.4 Å². The molecule has 0 saturated carbocycles. The summed E-state index contributed by atoms with van der Waals surface area (Å²) in [6.07, 6.45) is -4.53. The molecule has 1 aromatic heterocycles. The zero-order chi connectivity index (χ0) is 24.6. The van der Waals surface area contributed by atoms with Crippen LogP contribution in [0.2, 0.25) is 0 Å². The van der Waals surface area contributed by atoms with Gasteiger partial charge in [-0.05, 0) is 13.8 Å². The van der Waals surface area contributed by atoms with Crippen molar-refractivity contribution in [2.75, 3.05) is 6.61 Å². The van der Waals surface area contributed by atoms with Gasteiger partial charge in [0.05, 0.1) is 12.7 Å². The van der Waals surface area contributed by atoms with Crippen LogP contribution in [0.3, 0.4) is 0 Å². The van der Waals surface area contributed by atoms with Crippen LogP contribution in [-0.2, 0) is 36.8 Å². The zero-order valence-electron chi connectivity index (χ0n) is 17.6. The minimum absolute atomic E-state index is 0.0229. The maximum atomic E-state index is 12.1. The van der Waals surface area contributed by atoms with E-state index in [0.29, 0.717) is 0 Å². The maximum Gasteiger partial charge on any atom is 0.483 e. The Bertz CT molecular complexity index is 1100. The molecule has 186 valence electrons. The molecule has 0 aliphatic carbocycles. The largest absolute Gasteiger partial charge is 0.483 e. The lowest BCUT2D eigenvalue weighted by Gasteiger charge is -2.28. The highest BCUT2D eigenvalue weighted by molar-refractivity contribution is 7.61. The first-order valence-corrected chi connectivity index (χ1v) is 12.8. The lowest BCUT2D eigenvalue weighted by Crippen LogP contribution is -2.34. The molecular weight excluding hydrogens is 490 g/mol. The summed E-state index contributed by atoms with van der Waals surface area (Å²) < 4.78 is 49.3. The summed E-state index contributed by atoms with van der Waals surface area (Å²) in [4.78, 5) is 56.5. The molecule has 0 bridgehead atoms. The Labute approximate surface area is 186 Å². The van der Waals surface area contributed by atoms with Crippen molar-refractivity contribution in [2.24, 2.45) is 0 Å². The Kier molecular flexibility index (Phi) is 7.91. The van der Waals surface area contributed by atoms with Gasteiger partial charge in [0.15, 0.2) is 12.1 Å². The zero-order valence-corrected chi connectivity index (χ0v) is 19.3. The first-order valence-electron chi connectivity index (χ1n) is 9.80. The second-order valence-corrected chi connectivity index (χ2v) is 10.5. The van der Waals surface area contributed by atoms with Crippen molar-refractivity contribution in [1.29, 1.82) is 0 Å². The van der Waals surface area contributed by atoms with E-state index < -0.39 is 64.3 Å². The van der Waals surface area contributed by atoms with Crippen molar-refractivity contribution >= 4 is 21.4 Å². The molecule has 3 heterocycles. The quantitative estimate of drug-likeness (QED) is 0.332. The van der Waals surface area contributed by atoms with Crippen molar-refractivity contribution in [3.05, 3.63) is 32.6 Å². The Morgan fingerprint density at radius 1 is 1.21 bits per heavy atom. The van der Waals surface area contributed by atoms with Gasteiger partial charge in [0.2, 0.25) is 0 Å². The van der Waals surface area contributed by atoms with Crippen molar-refractivity contribution in [3.63, 3.8) is 0 Å². The number of nitrogens with zero attached hydrogens (tertiary/aromatic N) is 1. The number of ether oxygens (including phenoxy) is 2. The van der Waals surface area contributed by atoms with E-state index in [1.54, 1.807) is 0 Å². The van der Waals surface area contributed by atoms with Crippen LogP contribution in [0.5, 0.6) is 0 Å². The van der Waals surface area contributed by atoms with Gasteiger partial charge in [0.25, 0.3) is 5.56 Å². The van der Waals surface area contributed by atoms with Crippen LogP contribution in [0.25, 0.3) is 0 Å². The number of aromatic nitrogens is 2. The molecule has 4 N–H and O–H groups in total. The van der Waals surface area contributed by atoms with E-state index in [1.807, 2.05) is 0 Å². The molecule has 2 fully saturated rings. The Balaban J connectivity index is 1.56. The molecule has 2 aliphatic heterocycles. The lowest BCUT2D eigenvalue weighted by molar-refractivity contribution is -0.168. The SMILES string of the molecule is Cc1cn(C2CC(O)C(COP(=O)(O)OP(=O)(O)OC3CCC(=O)C(C)O3)O2)c(=O)[nH]c1=O. The van der Waals surface area contributed by atoms with Crippen LogP contribution in [0.1, 0.15) is 38.0 Å². The third-order valence-electron chi connectivity index (χ3n) is 4.96. The van der Waals surface area contributed by atoms with E-state index in [2.05, 4.69) is 18.3 Å². The van der Waals surface area contributed by atoms with Gasteiger partial charge in [-0.15, -0.1) is 0 Å². The number of hydrogen-bond acceptors (Lipinski definition) is 11. The highest BCUT2D eigenvalue weighted by atomic mass is 31.3. The predicted octanol–water partition coefficient (Wildman–Crippen LogP) is -0.162. The van der Waals surface area contributed by atoms with E-state index in [4.69, 9.17) is 9.47 Å². The summed E-state index contributed by atoms with van der Waals surface area (Å²) in [5.74, 6) is -0.229. The van der Waals surface area contributed by atoms with Gasteiger partial charge in [-0.1, -0.05) is 0 Å². The molecular formula is C16H24N2O13P2. The third-order valence-corrected chi connectivity index (χ3v) is 7.58. The van der Waals surface area contributed by atoms with E-state index in [1.165, 1.54) is 20.0 Å². The third kappa shape index (κ3) is 6.76. The van der Waals surface area contributed by atoms with Crippen molar-refractivity contribution in [3.8, 4) is 0 Å². The first-order chi connectivity index (χ1) is 15.3. The lowest BCUT2D eigenvalue weighted by atomic mass is 10.1. The highest BCUT2D eigenvalue weighted by Crippen LogP contribution is 2.61. The number of carbonyl (C=O) groups excluding carboxylic acids is 1. The second-order valence-electron chi connectivity index (χ2n) is 7.54. The second kappa shape index (κ2) is 10.0. The van der Waals surface area contributed by atoms with Crippen molar-refractivity contribution in [2.45, 2.75) is 63.9 Å². The van der Waals surface area contributed by atoms with Gasteiger partial charge in [-0.3, -0.25) is 28.2 Å². The molecule has 2 saturated heterocycles. The summed E-state index contributed by atoms with van der Waals surface area (Å²) in [5, 5.41) is 10.2. The molecule has 0 aromatic carbocycles. The number of aromatic amines is 1. The van der Waals surface area contributed by atoms with Crippen LogP contribution >= 0.6 is 15.6 Å². The van der Waals surface area contributed by atoms with Gasteiger partial charge in [0, 0.05) is 31.0 Å².